The zero-order valence-electron chi connectivity index (χ0n) is 15.4. The van der Waals surface area contributed by atoms with Gasteiger partial charge in [0.1, 0.15) is 12.2 Å². The molecule has 0 aromatic carbocycles. The number of carbonyl (C=O) groups excluding carboxylic acids is 1. The SMILES string of the molecule is CC(C)NC(=O)C[C@@H]1C[C@H]2O[C@H](CNC3CCC(F)(F)CC3)[C@@H](O)[C@H]2O1. The van der Waals surface area contributed by atoms with Crippen molar-refractivity contribution in [2.45, 2.75) is 101 Å². The van der Waals surface area contributed by atoms with Crippen molar-refractivity contribution in [2.24, 2.45) is 0 Å². The van der Waals surface area contributed by atoms with E-state index < -0.39 is 24.2 Å². The van der Waals surface area contributed by atoms with Crippen molar-refractivity contribution in [3.63, 3.8) is 0 Å². The van der Waals surface area contributed by atoms with E-state index in [2.05, 4.69) is 10.6 Å². The van der Waals surface area contributed by atoms with Crippen LogP contribution in [0, 0.1) is 0 Å². The summed E-state index contributed by atoms with van der Waals surface area (Å²) in [6.45, 7) is 4.23. The van der Waals surface area contributed by atoms with Crippen LogP contribution in [0.1, 0.15) is 52.4 Å². The molecule has 0 radical (unpaired) electrons. The first-order valence-corrected chi connectivity index (χ1v) is 9.63. The van der Waals surface area contributed by atoms with E-state index in [9.17, 15) is 18.7 Å². The summed E-state index contributed by atoms with van der Waals surface area (Å²) in [5.41, 5.74) is 0. The van der Waals surface area contributed by atoms with Crippen molar-refractivity contribution in [2.75, 3.05) is 6.54 Å². The second-order valence-electron chi connectivity index (χ2n) is 8.13. The molecule has 5 atom stereocenters. The molecule has 26 heavy (non-hydrogen) atoms. The Hall–Kier alpha value is -0.830. The Labute approximate surface area is 153 Å². The first-order chi connectivity index (χ1) is 12.2. The molecule has 0 spiro atoms. The minimum Gasteiger partial charge on any atom is -0.388 e. The fraction of sp³-hybridized carbons (Fsp3) is 0.944. The Bertz CT molecular complexity index is 496. The second kappa shape index (κ2) is 8.04. The molecule has 0 aromatic rings. The molecule has 8 heteroatoms. The first-order valence-electron chi connectivity index (χ1n) is 9.63. The van der Waals surface area contributed by atoms with E-state index in [0.717, 1.165) is 0 Å². The third-order valence-electron chi connectivity index (χ3n) is 5.47. The lowest BCUT2D eigenvalue weighted by Gasteiger charge is -2.30. The zero-order chi connectivity index (χ0) is 18.9. The summed E-state index contributed by atoms with van der Waals surface area (Å²) in [6.07, 6.45) is -0.515. The van der Waals surface area contributed by atoms with Crippen molar-refractivity contribution < 1.29 is 28.2 Å². The fourth-order valence-corrected chi connectivity index (χ4v) is 4.12. The number of rotatable bonds is 6. The number of alkyl halides is 2. The Kier molecular flexibility index (Phi) is 6.16. The number of hydrogen-bond acceptors (Lipinski definition) is 5. The largest absolute Gasteiger partial charge is 0.388 e. The molecule has 2 heterocycles. The van der Waals surface area contributed by atoms with Crippen molar-refractivity contribution in [3.05, 3.63) is 0 Å². The number of aliphatic hydroxyl groups is 1. The van der Waals surface area contributed by atoms with Gasteiger partial charge in [-0.05, 0) is 26.7 Å². The van der Waals surface area contributed by atoms with Crippen LogP contribution in [0.15, 0.2) is 0 Å². The summed E-state index contributed by atoms with van der Waals surface area (Å²) in [5.74, 6) is -2.60. The molecule has 2 saturated heterocycles. The number of ether oxygens (including phenoxy) is 2. The van der Waals surface area contributed by atoms with Gasteiger partial charge in [0.15, 0.2) is 0 Å². The maximum absolute atomic E-state index is 13.2. The van der Waals surface area contributed by atoms with Gasteiger partial charge in [-0.3, -0.25) is 4.79 Å². The van der Waals surface area contributed by atoms with Gasteiger partial charge in [0.2, 0.25) is 11.8 Å². The number of carbonyl (C=O) groups is 1. The minimum absolute atomic E-state index is 0.0410. The molecular formula is C18H30F2N2O4. The van der Waals surface area contributed by atoms with Crippen LogP contribution in [-0.2, 0) is 14.3 Å². The molecule has 0 aromatic heterocycles. The number of halogens is 2. The third-order valence-corrected chi connectivity index (χ3v) is 5.47. The summed E-state index contributed by atoms with van der Waals surface area (Å²) in [5, 5.41) is 16.5. The van der Waals surface area contributed by atoms with Crippen LogP contribution in [0.5, 0.6) is 0 Å². The van der Waals surface area contributed by atoms with Crippen LogP contribution in [0.3, 0.4) is 0 Å². The highest BCUT2D eigenvalue weighted by Crippen LogP contribution is 2.36. The molecule has 150 valence electrons. The molecule has 0 bridgehead atoms. The van der Waals surface area contributed by atoms with E-state index in [1.54, 1.807) is 0 Å². The Balaban J connectivity index is 1.40. The highest BCUT2D eigenvalue weighted by molar-refractivity contribution is 5.76. The molecule has 3 rings (SSSR count). The van der Waals surface area contributed by atoms with Crippen LogP contribution >= 0.6 is 0 Å². The molecule has 0 unspecified atom stereocenters. The lowest BCUT2D eigenvalue weighted by molar-refractivity contribution is -0.125. The quantitative estimate of drug-likeness (QED) is 0.652. The predicted octanol–water partition coefficient (Wildman–Crippen LogP) is 1.35. The standard InChI is InChI=1S/C18H30F2N2O4/c1-10(2)22-15(23)8-12-7-13-17(25-12)16(24)14(26-13)9-21-11-3-5-18(19,20)6-4-11/h10-14,16-17,21,24H,3-9H2,1-2H3,(H,22,23)/t12-,13+,14+,16+,17-/m0/s1. The summed E-state index contributed by atoms with van der Waals surface area (Å²) < 4.78 is 38.1. The maximum Gasteiger partial charge on any atom is 0.248 e. The van der Waals surface area contributed by atoms with E-state index >= 15 is 0 Å². The lowest BCUT2D eigenvalue weighted by Crippen LogP contribution is -2.44. The van der Waals surface area contributed by atoms with Gasteiger partial charge in [0, 0.05) is 37.9 Å². The Morgan fingerprint density at radius 3 is 2.58 bits per heavy atom. The normalized spacial score (nSPS) is 37.1. The number of aliphatic hydroxyl groups excluding tert-OH is 1. The molecule has 1 aliphatic carbocycles. The van der Waals surface area contributed by atoms with Gasteiger partial charge >= 0.3 is 0 Å². The fourth-order valence-electron chi connectivity index (χ4n) is 4.12. The molecule has 6 nitrogen and oxygen atoms in total. The van der Waals surface area contributed by atoms with Gasteiger partial charge in [-0.1, -0.05) is 0 Å². The van der Waals surface area contributed by atoms with Crippen LogP contribution in [0.2, 0.25) is 0 Å². The maximum atomic E-state index is 13.2. The van der Waals surface area contributed by atoms with Crippen molar-refractivity contribution in [3.8, 4) is 0 Å². The zero-order valence-corrected chi connectivity index (χ0v) is 15.4. The molecule has 3 fully saturated rings. The number of nitrogens with one attached hydrogen (secondary N) is 2. The minimum atomic E-state index is -2.54. The van der Waals surface area contributed by atoms with E-state index in [1.165, 1.54) is 0 Å². The summed E-state index contributed by atoms with van der Waals surface area (Å²) >= 11 is 0. The van der Waals surface area contributed by atoms with Crippen molar-refractivity contribution >= 4 is 5.91 Å². The molecule has 1 amide bonds. The molecule has 3 N–H and O–H groups in total. The van der Waals surface area contributed by atoms with Gasteiger partial charge < -0.3 is 25.2 Å². The number of hydrogen-bond donors (Lipinski definition) is 3. The molecule has 3 aliphatic rings. The molecule has 1 saturated carbocycles. The van der Waals surface area contributed by atoms with Crippen LogP contribution in [0.25, 0.3) is 0 Å². The van der Waals surface area contributed by atoms with Crippen LogP contribution in [-0.4, -0.2) is 66.1 Å². The summed E-state index contributed by atoms with van der Waals surface area (Å²) in [7, 11) is 0. The van der Waals surface area contributed by atoms with E-state index in [1.807, 2.05) is 13.8 Å². The lowest BCUT2D eigenvalue weighted by atomic mass is 9.92. The topological polar surface area (TPSA) is 79.8 Å². The van der Waals surface area contributed by atoms with Gasteiger partial charge in [-0.15, -0.1) is 0 Å². The molecule has 2 aliphatic heterocycles. The first kappa shape index (κ1) is 19.9. The number of amides is 1. The monoisotopic (exact) mass is 376 g/mol. The van der Waals surface area contributed by atoms with Gasteiger partial charge in [-0.2, -0.15) is 0 Å². The smallest absolute Gasteiger partial charge is 0.248 e. The van der Waals surface area contributed by atoms with E-state index in [4.69, 9.17) is 9.47 Å². The average Bonchev–Trinajstić information content (AvgIpc) is 3.04. The van der Waals surface area contributed by atoms with Gasteiger partial charge in [-0.25, -0.2) is 8.78 Å². The van der Waals surface area contributed by atoms with Gasteiger partial charge in [0.25, 0.3) is 0 Å². The van der Waals surface area contributed by atoms with Gasteiger partial charge in [0.05, 0.1) is 24.7 Å². The highest BCUT2D eigenvalue weighted by Gasteiger charge is 2.50. The molecular weight excluding hydrogens is 346 g/mol. The predicted molar refractivity (Wildman–Crippen MR) is 91.0 cm³/mol. The Morgan fingerprint density at radius 2 is 1.96 bits per heavy atom. The Morgan fingerprint density at radius 1 is 1.27 bits per heavy atom. The van der Waals surface area contributed by atoms with Crippen molar-refractivity contribution in [1.29, 1.82) is 0 Å². The van der Waals surface area contributed by atoms with Crippen LogP contribution < -0.4 is 10.6 Å². The highest BCUT2D eigenvalue weighted by atomic mass is 19.3. The van der Waals surface area contributed by atoms with E-state index in [-0.39, 0.29) is 49.5 Å². The average molecular weight is 376 g/mol. The number of fused-ring (bicyclic) bond motifs is 1. The third kappa shape index (κ3) is 4.91. The van der Waals surface area contributed by atoms with Crippen molar-refractivity contribution in [1.82, 2.24) is 10.6 Å². The van der Waals surface area contributed by atoms with E-state index in [0.29, 0.717) is 25.8 Å². The summed E-state index contributed by atoms with van der Waals surface area (Å²) in [6, 6.07) is 0.125. The van der Waals surface area contributed by atoms with Crippen LogP contribution in [0.4, 0.5) is 8.78 Å². The summed E-state index contributed by atoms with van der Waals surface area (Å²) in [4.78, 5) is 11.8. The second-order valence-corrected chi connectivity index (χ2v) is 8.13.